The molecule has 1 saturated heterocycles. The first-order valence-electron chi connectivity index (χ1n) is 10.5. The molecule has 0 radical (unpaired) electrons. The molecule has 1 N–H and O–H groups in total. The predicted octanol–water partition coefficient (Wildman–Crippen LogP) is 3.72. The maximum atomic E-state index is 12.9. The fourth-order valence-electron chi connectivity index (χ4n) is 3.58. The first-order chi connectivity index (χ1) is 15.1. The van der Waals surface area contributed by atoms with Crippen molar-refractivity contribution in [1.29, 1.82) is 0 Å². The molecule has 0 spiro atoms. The van der Waals surface area contributed by atoms with E-state index in [0.29, 0.717) is 43.1 Å². The number of aromatic nitrogens is 1. The van der Waals surface area contributed by atoms with Gasteiger partial charge in [-0.1, -0.05) is 13.3 Å². The van der Waals surface area contributed by atoms with Crippen LogP contribution in [0.1, 0.15) is 43.4 Å². The molecule has 0 unspecified atom stereocenters. The molecule has 1 fully saturated rings. The summed E-state index contributed by atoms with van der Waals surface area (Å²) in [6, 6.07) is 9.70. The SMILES string of the molecule is CCCCOc1ccc(/C(O)=C2\C(=O)C(=O)N(CCCOC)[C@@H]2c2ccncc2)cc1. The third-order valence-corrected chi connectivity index (χ3v) is 5.20. The summed E-state index contributed by atoms with van der Waals surface area (Å²) in [4.78, 5) is 31.2. The average Bonchev–Trinajstić information content (AvgIpc) is 3.05. The minimum absolute atomic E-state index is 0.0771. The van der Waals surface area contributed by atoms with E-state index in [1.807, 2.05) is 0 Å². The average molecular weight is 424 g/mol. The Kier molecular flexibility index (Phi) is 7.78. The molecule has 2 aromatic rings. The van der Waals surface area contributed by atoms with Gasteiger partial charge in [0.25, 0.3) is 11.7 Å². The smallest absolute Gasteiger partial charge is 0.295 e. The van der Waals surface area contributed by atoms with Gasteiger partial charge < -0.3 is 19.5 Å². The highest BCUT2D eigenvalue weighted by Crippen LogP contribution is 2.39. The van der Waals surface area contributed by atoms with Crippen LogP contribution in [0.2, 0.25) is 0 Å². The van der Waals surface area contributed by atoms with Crippen molar-refractivity contribution in [1.82, 2.24) is 9.88 Å². The van der Waals surface area contributed by atoms with E-state index in [2.05, 4.69) is 11.9 Å². The molecule has 2 heterocycles. The Hall–Kier alpha value is -3.19. The normalized spacial score (nSPS) is 17.9. The van der Waals surface area contributed by atoms with E-state index in [-0.39, 0.29) is 11.3 Å². The Morgan fingerprint density at radius 3 is 2.42 bits per heavy atom. The molecule has 0 saturated carbocycles. The topological polar surface area (TPSA) is 89.0 Å². The fraction of sp³-hybridized carbons (Fsp3) is 0.375. The predicted molar refractivity (Wildman–Crippen MR) is 117 cm³/mol. The summed E-state index contributed by atoms with van der Waals surface area (Å²) in [5.41, 5.74) is 1.25. The highest BCUT2D eigenvalue weighted by molar-refractivity contribution is 6.46. The lowest BCUT2D eigenvalue weighted by Gasteiger charge is -2.25. The number of ether oxygens (including phenoxy) is 2. The number of methoxy groups -OCH3 is 1. The Morgan fingerprint density at radius 1 is 1.06 bits per heavy atom. The van der Waals surface area contributed by atoms with E-state index in [4.69, 9.17) is 9.47 Å². The van der Waals surface area contributed by atoms with Gasteiger partial charge in [-0.15, -0.1) is 0 Å². The van der Waals surface area contributed by atoms with Gasteiger partial charge in [0.1, 0.15) is 11.5 Å². The minimum atomic E-state index is -0.694. The zero-order chi connectivity index (χ0) is 22.2. The van der Waals surface area contributed by atoms with E-state index in [1.165, 1.54) is 4.90 Å². The number of nitrogens with zero attached hydrogens (tertiary/aromatic N) is 2. The van der Waals surface area contributed by atoms with Crippen molar-refractivity contribution in [2.75, 3.05) is 26.9 Å². The Morgan fingerprint density at radius 2 is 1.77 bits per heavy atom. The molecule has 164 valence electrons. The van der Waals surface area contributed by atoms with Crippen molar-refractivity contribution in [3.63, 3.8) is 0 Å². The molecule has 3 rings (SSSR count). The second-order valence-electron chi connectivity index (χ2n) is 7.35. The largest absolute Gasteiger partial charge is 0.507 e. The number of carbonyl (C=O) groups excluding carboxylic acids is 2. The monoisotopic (exact) mass is 424 g/mol. The number of Topliss-reactive ketones (excluding diaryl/α,β-unsaturated/α-hetero) is 1. The second-order valence-corrected chi connectivity index (χ2v) is 7.35. The lowest BCUT2D eigenvalue weighted by atomic mass is 9.96. The van der Waals surface area contributed by atoms with Crippen LogP contribution in [-0.2, 0) is 14.3 Å². The first-order valence-corrected chi connectivity index (χ1v) is 10.5. The number of ketones is 1. The lowest BCUT2D eigenvalue weighted by molar-refractivity contribution is -0.140. The molecule has 31 heavy (non-hydrogen) atoms. The van der Waals surface area contributed by atoms with Crippen LogP contribution in [0, 0.1) is 0 Å². The Bertz CT molecular complexity index is 925. The third-order valence-electron chi connectivity index (χ3n) is 5.20. The maximum absolute atomic E-state index is 12.9. The van der Waals surface area contributed by atoms with Crippen LogP contribution in [0.25, 0.3) is 5.76 Å². The first kappa shape index (κ1) is 22.5. The number of aliphatic hydroxyl groups excluding tert-OH is 1. The van der Waals surface area contributed by atoms with Gasteiger partial charge in [-0.25, -0.2) is 0 Å². The molecule has 1 aromatic heterocycles. The van der Waals surface area contributed by atoms with Crippen molar-refractivity contribution in [3.05, 3.63) is 65.5 Å². The summed E-state index contributed by atoms with van der Waals surface area (Å²) < 4.78 is 10.7. The molecule has 1 aliphatic heterocycles. The number of benzene rings is 1. The van der Waals surface area contributed by atoms with E-state index < -0.39 is 17.7 Å². The molecule has 0 aliphatic carbocycles. The second kappa shape index (κ2) is 10.7. The quantitative estimate of drug-likeness (QED) is 0.271. The molecular formula is C24H28N2O5. The van der Waals surface area contributed by atoms with Crippen LogP contribution in [0.15, 0.2) is 54.4 Å². The molecule has 7 nitrogen and oxygen atoms in total. The van der Waals surface area contributed by atoms with Crippen LogP contribution >= 0.6 is 0 Å². The molecule has 1 atom stereocenters. The maximum Gasteiger partial charge on any atom is 0.295 e. The highest BCUT2D eigenvalue weighted by atomic mass is 16.5. The lowest BCUT2D eigenvalue weighted by Crippen LogP contribution is -2.31. The number of hydrogen-bond acceptors (Lipinski definition) is 6. The number of pyridine rings is 1. The van der Waals surface area contributed by atoms with Crippen LogP contribution < -0.4 is 4.74 Å². The summed E-state index contributed by atoms with van der Waals surface area (Å²) in [6.45, 7) is 3.52. The van der Waals surface area contributed by atoms with Crippen LogP contribution in [0.4, 0.5) is 0 Å². The number of rotatable bonds is 10. The highest BCUT2D eigenvalue weighted by Gasteiger charge is 2.45. The summed E-state index contributed by atoms with van der Waals surface area (Å²) in [5, 5.41) is 11.0. The van der Waals surface area contributed by atoms with Crippen molar-refractivity contribution in [3.8, 4) is 5.75 Å². The third kappa shape index (κ3) is 5.11. The molecule has 7 heteroatoms. The van der Waals surface area contributed by atoms with Gasteiger partial charge in [0.15, 0.2) is 0 Å². The van der Waals surface area contributed by atoms with Crippen molar-refractivity contribution < 1.29 is 24.2 Å². The van der Waals surface area contributed by atoms with Crippen molar-refractivity contribution >= 4 is 17.4 Å². The molecule has 1 aliphatic rings. The summed E-state index contributed by atoms with van der Waals surface area (Å²) >= 11 is 0. The Labute approximate surface area is 182 Å². The van der Waals surface area contributed by atoms with Crippen LogP contribution in [0.3, 0.4) is 0 Å². The number of carbonyl (C=O) groups is 2. The van der Waals surface area contributed by atoms with Gasteiger partial charge in [0, 0.05) is 38.2 Å². The zero-order valence-electron chi connectivity index (χ0n) is 17.9. The van der Waals surface area contributed by atoms with Gasteiger partial charge in [0.05, 0.1) is 18.2 Å². The number of aliphatic hydroxyl groups is 1. The van der Waals surface area contributed by atoms with Gasteiger partial charge in [0.2, 0.25) is 0 Å². The number of likely N-dealkylation sites (tertiary alicyclic amines) is 1. The van der Waals surface area contributed by atoms with Gasteiger partial charge >= 0.3 is 0 Å². The van der Waals surface area contributed by atoms with Gasteiger partial charge in [-0.2, -0.15) is 0 Å². The van der Waals surface area contributed by atoms with E-state index in [0.717, 1.165) is 12.8 Å². The number of hydrogen-bond donors (Lipinski definition) is 1. The minimum Gasteiger partial charge on any atom is -0.507 e. The molecule has 1 aromatic carbocycles. The summed E-state index contributed by atoms with van der Waals surface area (Å²) in [7, 11) is 1.59. The molecule has 1 amide bonds. The number of unbranched alkanes of at least 4 members (excludes halogenated alkanes) is 1. The molecule has 0 bridgehead atoms. The summed E-state index contributed by atoms with van der Waals surface area (Å²) in [5.74, 6) is -0.829. The van der Waals surface area contributed by atoms with E-state index in [1.54, 1.807) is 55.9 Å². The van der Waals surface area contributed by atoms with E-state index >= 15 is 0 Å². The number of amides is 1. The van der Waals surface area contributed by atoms with Crippen molar-refractivity contribution in [2.24, 2.45) is 0 Å². The fourth-order valence-corrected chi connectivity index (χ4v) is 3.58. The Balaban J connectivity index is 1.96. The van der Waals surface area contributed by atoms with Crippen LogP contribution in [0.5, 0.6) is 5.75 Å². The van der Waals surface area contributed by atoms with Crippen LogP contribution in [-0.4, -0.2) is 53.5 Å². The zero-order valence-corrected chi connectivity index (χ0v) is 17.9. The van der Waals surface area contributed by atoms with Crippen molar-refractivity contribution in [2.45, 2.75) is 32.2 Å². The standard InChI is InChI=1S/C24H28N2O5/c1-3-4-16-31-19-8-6-18(7-9-19)22(27)20-21(17-10-12-25-13-11-17)26(14-5-15-30-2)24(29)23(20)28/h6-13,21,27H,3-5,14-16H2,1-2H3/b22-20+/t21-/m1/s1. The van der Waals surface area contributed by atoms with Gasteiger partial charge in [-0.05, 0) is 54.8 Å². The van der Waals surface area contributed by atoms with Gasteiger partial charge in [-0.3, -0.25) is 14.6 Å². The van der Waals surface area contributed by atoms with E-state index in [9.17, 15) is 14.7 Å². The summed E-state index contributed by atoms with van der Waals surface area (Å²) in [6.07, 6.45) is 5.79. The molecular weight excluding hydrogens is 396 g/mol.